The van der Waals surface area contributed by atoms with Gasteiger partial charge < -0.3 is 15.7 Å². The van der Waals surface area contributed by atoms with Gasteiger partial charge in [-0.2, -0.15) is 0 Å². The minimum absolute atomic E-state index is 0.133. The number of nitrogens with two attached hydrogens (primary N) is 1. The molecule has 0 spiro atoms. The molecule has 0 fully saturated rings. The third kappa shape index (κ3) is 4.56. The highest BCUT2D eigenvalue weighted by molar-refractivity contribution is 7.90. The summed E-state index contributed by atoms with van der Waals surface area (Å²) in [7, 11) is -3.91. The molecule has 3 rings (SSSR count). The number of carbonyl (C=O) groups is 1. The SMILES string of the molecule is CCOC(=O)CCCc1ccc(C(N)=NO)c2c1ccn2S(=O)(=O)c1ccc(C)cc1. The van der Waals surface area contributed by atoms with Gasteiger partial charge in [-0.3, -0.25) is 4.79 Å². The van der Waals surface area contributed by atoms with E-state index in [1.165, 1.54) is 6.20 Å². The first-order chi connectivity index (χ1) is 14.8. The molecule has 1 aromatic heterocycles. The number of hydrogen-bond acceptors (Lipinski definition) is 6. The van der Waals surface area contributed by atoms with E-state index in [1.807, 2.05) is 6.92 Å². The van der Waals surface area contributed by atoms with E-state index in [0.717, 1.165) is 15.1 Å². The van der Waals surface area contributed by atoms with E-state index in [9.17, 15) is 18.4 Å². The Hall–Kier alpha value is -3.33. The van der Waals surface area contributed by atoms with E-state index in [-0.39, 0.29) is 23.1 Å². The van der Waals surface area contributed by atoms with Gasteiger partial charge in [0.05, 0.1) is 17.0 Å². The summed E-state index contributed by atoms with van der Waals surface area (Å²) in [4.78, 5) is 11.8. The van der Waals surface area contributed by atoms with Crippen LogP contribution < -0.4 is 5.73 Å². The Balaban J connectivity index is 2.09. The lowest BCUT2D eigenvalue weighted by atomic mass is 10.0. The average molecular weight is 444 g/mol. The van der Waals surface area contributed by atoms with Crippen molar-refractivity contribution < 1.29 is 23.2 Å². The molecule has 2 aromatic carbocycles. The van der Waals surface area contributed by atoms with E-state index in [2.05, 4.69) is 5.16 Å². The minimum atomic E-state index is -3.91. The highest BCUT2D eigenvalue weighted by Gasteiger charge is 2.23. The van der Waals surface area contributed by atoms with Crippen molar-refractivity contribution in [1.29, 1.82) is 0 Å². The van der Waals surface area contributed by atoms with Gasteiger partial charge in [0, 0.05) is 23.6 Å². The Labute approximate surface area is 181 Å². The van der Waals surface area contributed by atoms with Crippen LogP contribution in [-0.4, -0.2) is 36.0 Å². The lowest BCUT2D eigenvalue weighted by Gasteiger charge is -2.12. The second-order valence-electron chi connectivity index (χ2n) is 7.11. The molecule has 0 bridgehead atoms. The normalized spacial score (nSPS) is 12.3. The van der Waals surface area contributed by atoms with E-state index in [4.69, 9.17) is 10.5 Å². The number of carbonyl (C=O) groups excluding carboxylic acids is 1. The summed E-state index contributed by atoms with van der Waals surface area (Å²) < 4.78 is 32.8. The molecule has 0 aliphatic rings. The second-order valence-corrected chi connectivity index (χ2v) is 8.92. The number of aryl methyl sites for hydroxylation is 2. The highest BCUT2D eigenvalue weighted by Crippen LogP contribution is 2.29. The van der Waals surface area contributed by atoms with Crippen LogP contribution in [0.3, 0.4) is 0 Å². The van der Waals surface area contributed by atoms with Crippen molar-refractivity contribution in [2.45, 2.75) is 38.0 Å². The molecule has 9 heteroatoms. The van der Waals surface area contributed by atoms with Gasteiger partial charge in [0.1, 0.15) is 0 Å². The first-order valence-corrected chi connectivity index (χ1v) is 11.3. The molecule has 0 saturated carbocycles. The number of benzene rings is 2. The fourth-order valence-electron chi connectivity index (χ4n) is 3.45. The topological polar surface area (TPSA) is 124 Å². The molecule has 31 heavy (non-hydrogen) atoms. The molecular formula is C22H25N3O5S. The van der Waals surface area contributed by atoms with Crippen molar-refractivity contribution in [2.24, 2.45) is 10.9 Å². The number of amidine groups is 1. The minimum Gasteiger partial charge on any atom is -0.466 e. The van der Waals surface area contributed by atoms with E-state index in [0.29, 0.717) is 35.9 Å². The molecule has 0 aliphatic heterocycles. The summed E-state index contributed by atoms with van der Waals surface area (Å²) in [5.74, 6) is -0.464. The molecule has 0 amide bonds. The van der Waals surface area contributed by atoms with E-state index < -0.39 is 10.0 Å². The third-order valence-corrected chi connectivity index (χ3v) is 6.69. The van der Waals surface area contributed by atoms with Crippen molar-refractivity contribution in [1.82, 2.24) is 3.97 Å². The second kappa shape index (κ2) is 9.22. The Morgan fingerprint density at radius 3 is 2.52 bits per heavy atom. The molecule has 0 atom stereocenters. The number of fused-ring (bicyclic) bond motifs is 1. The van der Waals surface area contributed by atoms with Crippen LogP contribution in [0.15, 0.2) is 58.7 Å². The number of aromatic nitrogens is 1. The Morgan fingerprint density at radius 2 is 1.87 bits per heavy atom. The first kappa shape index (κ1) is 22.4. The van der Waals surface area contributed by atoms with E-state index in [1.54, 1.807) is 49.4 Å². The molecule has 0 unspecified atom stereocenters. The summed E-state index contributed by atoms with van der Waals surface area (Å²) in [6.07, 6.45) is 2.82. The zero-order chi connectivity index (χ0) is 22.6. The molecule has 3 N–H and O–H groups in total. The summed E-state index contributed by atoms with van der Waals surface area (Å²) >= 11 is 0. The lowest BCUT2D eigenvalue weighted by Crippen LogP contribution is -2.18. The molecule has 0 saturated heterocycles. The van der Waals surface area contributed by atoms with Crippen LogP contribution in [0.1, 0.15) is 36.5 Å². The van der Waals surface area contributed by atoms with Gasteiger partial charge in [-0.1, -0.05) is 28.9 Å². The molecule has 164 valence electrons. The number of nitrogens with zero attached hydrogens (tertiary/aromatic N) is 2. The maximum atomic E-state index is 13.3. The van der Waals surface area contributed by atoms with E-state index >= 15 is 0 Å². The van der Waals surface area contributed by atoms with Crippen molar-refractivity contribution >= 4 is 32.7 Å². The van der Waals surface area contributed by atoms with Gasteiger partial charge in [0.2, 0.25) is 0 Å². The zero-order valence-corrected chi connectivity index (χ0v) is 18.2. The monoisotopic (exact) mass is 443 g/mol. The number of esters is 1. The van der Waals surface area contributed by atoms with Crippen molar-refractivity contribution in [3.63, 3.8) is 0 Å². The largest absolute Gasteiger partial charge is 0.466 e. The molecule has 0 aliphatic carbocycles. The van der Waals surface area contributed by atoms with Gasteiger partial charge in [0.15, 0.2) is 5.84 Å². The standard InChI is InChI=1S/C22H25N3O5S/c1-3-30-20(26)6-4-5-16-9-12-19(22(23)24-27)21-18(16)13-14-25(21)31(28,29)17-10-7-15(2)8-11-17/h7-14,27H,3-6H2,1-2H3,(H2,23,24). The smallest absolute Gasteiger partial charge is 0.305 e. The zero-order valence-electron chi connectivity index (χ0n) is 17.4. The predicted molar refractivity (Wildman–Crippen MR) is 118 cm³/mol. The Bertz CT molecular complexity index is 1230. The predicted octanol–water partition coefficient (Wildman–Crippen LogP) is 3.17. The Kier molecular flexibility index (Phi) is 6.65. The maximum Gasteiger partial charge on any atom is 0.305 e. The summed E-state index contributed by atoms with van der Waals surface area (Å²) in [6.45, 7) is 3.96. The van der Waals surface area contributed by atoms with Crippen LogP contribution in [0.5, 0.6) is 0 Å². The van der Waals surface area contributed by atoms with Crippen molar-refractivity contribution in [3.8, 4) is 0 Å². The molecule has 0 radical (unpaired) electrons. The van der Waals surface area contributed by atoms with Crippen LogP contribution in [0.25, 0.3) is 10.9 Å². The first-order valence-electron chi connectivity index (χ1n) is 9.88. The maximum absolute atomic E-state index is 13.3. The number of hydrogen-bond donors (Lipinski definition) is 2. The van der Waals surface area contributed by atoms with Gasteiger partial charge >= 0.3 is 5.97 Å². The third-order valence-electron chi connectivity index (χ3n) is 5.00. The number of ether oxygens (including phenoxy) is 1. The molecule has 3 aromatic rings. The van der Waals surface area contributed by atoms with Gasteiger partial charge in [-0.25, -0.2) is 12.4 Å². The Morgan fingerprint density at radius 1 is 1.16 bits per heavy atom. The van der Waals surface area contributed by atoms with Crippen LogP contribution >= 0.6 is 0 Å². The fourth-order valence-corrected chi connectivity index (χ4v) is 4.81. The van der Waals surface area contributed by atoms with Crippen LogP contribution in [0, 0.1) is 6.92 Å². The van der Waals surface area contributed by atoms with Gasteiger partial charge in [-0.15, -0.1) is 0 Å². The summed E-state index contributed by atoms with van der Waals surface area (Å²) in [6, 6.07) is 11.6. The molecule has 1 heterocycles. The van der Waals surface area contributed by atoms with Crippen molar-refractivity contribution in [3.05, 3.63) is 65.4 Å². The van der Waals surface area contributed by atoms with Gasteiger partial charge in [-0.05, 0) is 56.5 Å². The molecule has 8 nitrogen and oxygen atoms in total. The average Bonchev–Trinajstić information content (AvgIpc) is 3.20. The van der Waals surface area contributed by atoms with Crippen molar-refractivity contribution in [2.75, 3.05) is 6.61 Å². The highest BCUT2D eigenvalue weighted by atomic mass is 32.2. The van der Waals surface area contributed by atoms with Crippen LogP contribution in [0.4, 0.5) is 0 Å². The number of rotatable bonds is 8. The lowest BCUT2D eigenvalue weighted by molar-refractivity contribution is -0.143. The van der Waals surface area contributed by atoms with Crippen LogP contribution in [0.2, 0.25) is 0 Å². The summed E-state index contributed by atoms with van der Waals surface area (Å²) in [5.41, 5.74) is 8.26. The number of oxime groups is 1. The molecular weight excluding hydrogens is 418 g/mol. The summed E-state index contributed by atoms with van der Waals surface area (Å²) in [5, 5.41) is 12.9. The fraction of sp³-hybridized carbons (Fsp3) is 0.273. The van der Waals surface area contributed by atoms with Crippen LogP contribution in [-0.2, 0) is 26.0 Å². The quantitative estimate of drug-likeness (QED) is 0.181. The van der Waals surface area contributed by atoms with Gasteiger partial charge in [0.25, 0.3) is 10.0 Å².